The molecule has 4 nitrogen and oxygen atoms in total. The van der Waals surface area contributed by atoms with E-state index in [9.17, 15) is 19.8 Å². The van der Waals surface area contributed by atoms with Crippen LogP contribution >= 0.6 is 0 Å². The first kappa shape index (κ1) is 24.5. The van der Waals surface area contributed by atoms with Crippen LogP contribution in [0.5, 0.6) is 0 Å². The third-order valence-electron chi connectivity index (χ3n) is 13.1. The van der Waals surface area contributed by atoms with Crippen molar-refractivity contribution in [3.05, 3.63) is 11.6 Å². The lowest BCUT2D eigenvalue weighted by atomic mass is 9.33. The Bertz CT molecular complexity index is 965. The summed E-state index contributed by atoms with van der Waals surface area (Å²) in [4.78, 5) is 26.4. The predicted molar refractivity (Wildman–Crippen MR) is 133 cm³/mol. The van der Waals surface area contributed by atoms with Crippen molar-refractivity contribution in [2.75, 3.05) is 0 Å². The third kappa shape index (κ3) is 2.81. The first-order chi connectivity index (χ1) is 15.6. The van der Waals surface area contributed by atoms with E-state index < -0.39 is 11.4 Å². The second-order valence-electron chi connectivity index (χ2n) is 14.9. The molecule has 0 aromatic carbocycles. The van der Waals surface area contributed by atoms with Gasteiger partial charge in [0.25, 0.3) is 0 Å². The molecule has 1 unspecified atom stereocenters. The first-order valence-corrected chi connectivity index (χ1v) is 13.7. The van der Waals surface area contributed by atoms with E-state index >= 15 is 0 Å². The van der Waals surface area contributed by atoms with Gasteiger partial charge in [-0.2, -0.15) is 0 Å². The number of rotatable bonds is 1. The van der Waals surface area contributed by atoms with Crippen LogP contribution in [0.15, 0.2) is 11.6 Å². The molecule has 0 aliphatic heterocycles. The monoisotopic (exact) mass is 470 g/mol. The minimum atomic E-state index is -0.711. The molecule has 0 aromatic heterocycles. The van der Waals surface area contributed by atoms with Gasteiger partial charge in [-0.05, 0) is 110 Å². The summed E-state index contributed by atoms with van der Waals surface area (Å²) in [5.41, 5.74) is 0.142. The minimum absolute atomic E-state index is 0.0296. The van der Waals surface area contributed by atoms with E-state index in [0.29, 0.717) is 12.3 Å². The second kappa shape index (κ2) is 6.99. The molecule has 34 heavy (non-hydrogen) atoms. The molecular weight excluding hydrogens is 424 g/mol. The number of aliphatic hydroxyl groups excluding tert-OH is 1. The highest BCUT2D eigenvalue weighted by Gasteiger charge is 2.70. The van der Waals surface area contributed by atoms with Crippen LogP contribution in [0.3, 0.4) is 0 Å². The fourth-order valence-electron chi connectivity index (χ4n) is 10.4. The van der Waals surface area contributed by atoms with Crippen LogP contribution in [0.4, 0.5) is 0 Å². The van der Waals surface area contributed by atoms with E-state index in [1.165, 1.54) is 5.57 Å². The zero-order valence-corrected chi connectivity index (χ0v) is 22.5. The van der Waals surface area contributed by atoms with Gasteiger partial charge in [0.15, 0.2) is 5.78 Å². The zero-order chi connectivity index (χ0) is 25.1. The van der Waals surface area contributed by atoms with Crippen LogP contribution in [0.1, 0.15) is 106 Å². The predicted octanol–water partition coefficient (Wildman–Crippen LogP) is 6.41. The summed E-state index contributed by atoms with van der Waals surface area (Å²) in [5, 5.41) is 20.9. The Labute approximate surface area is 206 Å². The lowest BCUT2D eigenvalue weighted by Gasteiger charge is -2.70. The summed E-state index contributed by atoms with van der Waals surface area (Å²) < 4.78 is 0. The lowest BCUT2D eigenvalue weighted by molar-refractivity contribution is -0.202. The van der Waals surface area contributed by atoms with Crippen LogP contribution in [0.25, 0.3) is 0 Å². The topological polar surface area (TPSA) is 74.6 Å². The Hall–Kier alpha value is -1.16. The average molecular weight is 471 g/mol. The van der Waals surface area contributed by atoms with Gasteiger partial charge in [0.1, 0.15) is 0 Å². The maximum absolute atomic E-state index is 14.2. The van der Waals surface area contributed by atoms with Crippen molar-refractivity contribution in [1.29, 1.82) is 0 Å². The number of carboxylic acid groups (broad SMARTS) is 1. The van der Waals surface area contributed by atoms with Gasteiger partial charge in [0, 0.05) is 5.92 Å². The number of allylic oxidation sites excluding steroid dienone is 2. The maximum Gasteiger partial charge on any atom is 0.309 e. The molecule has 0 saturated heterocycles. The van der Waals surface area contributed by atoms with Crippen molar-refractivity contribution in [3.8, 4) is 0 Å². The molecule has 0 spiro atoms. The molecule has 190 valence electrons. The van der Waals surface area contributed by atoms with Gasteiger partial charge >= 0.3 is 5.97 Å². The molecule has 5 rings (SSSR count). The number of fused-ring (bicyclic) bond motifs is 7. The summed E-state index contributed by atoms with van der Waals surface area (Å²) in [6.07, 6.45) is 9.95. The van der Waals surface area contributed by atoms with Gasteiger partial charge in [0.05, 0.1) is 11.5 Å². The van der Waals surface area contributed by atoms with Crippen molar-refractivity contribution in [3.63, 3.8) is 0 Å². The number of hydrogen-bond acceptors (Lipinski definition) is 3. The fraction of sp³-hybridized carbons (Fsp3) is 0.867. The molecule has 4 fully saturated rings. The maximum atomic E-state index is 14.2. The van der Waals surface area contributed by atoms with E-state index in [4.69, 9.17) is 0 Å². The summed E-state index contributed by atoms with van der Waals surface area (Å²) >= 11 is 0. The molecule has 5 aliphatic carbocycles. The van der Waals surface area contributed by atoms with Crippen LogP contribution in [-0.2, 0) is 9.59 Å². The number of ketones is 1. The largest absolute Gasteiger partial charge is 0.481 e. The molecule has 0 amide bonds. The van der Waals surface area contributed by atoms with Crippen molar-refractivity contribution in [1.82, 2.24) is 0 Å². The normalized spacial score (nSPS) is 54.1. The van der Waals surface area contributed by atoms with E-state index in [-0.39, 0.29) is 50.8 Å². The summed E-state index contributed by atoms with van der Waals surface area (Å²) in [6, 6.07) is 0. The van der Waals surface area contributed by atoms with Crippen molar-refractivity contribution in [2.45, 2.75) is 112 Å². The zero-order valence-electron chi connectivity index (χ0n) is 22.5. The van der Waals surface area contributed by atoms with Gasteiger partial charge < -0.3 is 10.2 Å². The highest BCUT2D eigenvalue weighted by atomic mass is 16.4. The Kier molecular flexibility index (Phi) is 5.04. The van der Waals surface area contributed by atoms with Crippen LogP contribution < -0.4 is 0 Å². The average Bonchev–Trinajstić information content (AvgIpc) is 2.73. The number of carbonyl (C=O) groups is 2. The Morgan fingerprint density at radius 1 is 0.912 bits per heavy atom. The number of aliphatic hydroxyl groups is 1. The third-order valence-corrected chi connectivity index (χ3v) is 13.1. The second-order valence-corrected chi connectivity index (χ2v) is 14.9. The molecule has 9 atom stereocenters. The van der Waals surface area contributed by atoms with E-state index in [2.05, 4.69) is 41.5 Å². The van der Waals surface area contributed by atoms with Crippen molar-refractivity contribution < 1.29 is 19.8 Å². The summed E-state index contributed by atoms with van der Waals surface area (Å²) in [5.74, 6) is 0.0603. The molecule has 4 heteroatoms. The molecule has 4 saturated carbocycles. The van der Waals surface area contributed by atoms with Crippen LogP contribution in [-0.4, -0.2) is 28.1 Å². The summed E-state index contributed by atoms with van der Waals surface area (Å²) in [6.45, 7) is 15.8. The highest BCUT2D eigenvalue weighted by molar-refractivity contribution is 5.95. The quantitative estimate of drug-likeness (QED) is 0.464. The first-order valence-electron chi connectivity index (χ1n) is 13.7. The molecule has 2 N–H and O–H groups in total. The molecule has 0 bridgehead atoms. The van der Waals surface area contributed by atoms with Gasteiger partial charge in [0.2, 0.25) is 0 Å². The fourth-order valence-corrected chi connectivity index (χ4v) is 10.4. The van der Waals surface area contributed by atoms with Crippen LogP contribution in [0, 0.1) is 50.2 Å². The Balaban J connectivity index is 1.62. The number of aliphatic carboxylic acids is 1. The van der Waals surface area contributed by atoms with E-state index in [0.717, 1.165) is 51.4 Å². The van der Waals surface area contributed by atoms with E-state index in [1.54, 1.807) is 0 Å². The summed E-state index contributed by atoms with van der Waals surface area (Å²) in [7, 11) is 0. The van der Waals surface area contributed by atoms with E-state index in [1.807, 2.05) is 13.0 Å². The molecule has 0 aromatic rings. The number of carboxylic acids is 1. The molecule has 0 heterocycles. The Morgan fingerprint density at radius 2 is 1.56 bits per heavy atom. The molecular formula is C30H46O4. The van der Waals surface area contributed by atoms with Gasteiger partial charge in [-0.15, -0.1) is 0 Å². The standard InChI is InChI=1S/C30H46O4/c1-25(2)21-8-11-30(7)23(28(21,5)10-9-22(25)32)20(31)16-18-19-17-27(4,24(33)34)13-12-26(19,3)14-15-29(18,30)6/h16,19,21-23,32H,8-15,17H2,1-7H3,(H,33,34)/t19?,21-,22-,23+,26+,27-,28-,29+,30+/m0/s1. The van der Waals surface area contributed by atoms with Crippen molar-refractivity contribution in [2.24, 2.45) is 50.2 Å². The van der Waals surface area contributed by atoms with Gasteiger partial charge in [-0.1, -0.05) is 47.1 Å². The van der Waals surface area contributed by atoms with Gasteiger partial charge in [-0.3, -0.25) is 9.59 Å². The SMILES string of the molecule is CC1(C)[C@@H](O)CC[C@]2(C)[C@H]3C(=O)C=C4C5C[C@@](C)(C(=O)O)CC[C@]5(C)CC[C@@]4(C)[C@]3(C)CC[C@@H]12. The molecule has 0 radical (unpaired) electrons. The van der Waals surface area contributed by atoms with Crippen LogP contribution in [0.2, 0.25) is 0 Å². The van der Waals surface area contributed by atoms with Crippen molar-refractivity contribution >= 4 is 11.8 Å². The van der Waals surface area contributed by atoms with Gasteiger partial charge in [-0.25, -0.2) is 0 Å². The highest BCUT2D eigenvalue weighted by Crippen LogP contribution is 2.75. The number of hydrogen-bond donors (Lipinski definition) is 2. The molecule has 5 aliphatic rings. The number of carbonyl (C=O) groups excluding carboxylic acids is 1. The lowest BCUT2D eigenvalue weighted by Crippen LogP contribution is -2.66. The smallest absolute Gasteiger partial charge is 0.309 e. The Morgan fingerprint density at radius 3 is 2.21 bits per heavy atom. The minimum Gasteiger partial charge on any atom is -0.481 e.